The molecule has 2 rings (SSSR count). The van der Waals surface area contributed by atoms with Crippen LogP contribution in [0, 0.1) is 17.2 Å². The Hall–Kier alpha value is -0.590. The number of hydrogen-bond donors (Lipinski definition) is 1. The molecule has 1 saturated heterocycles. The zero-order chi connectivity index (χ0) is 15.1. The summed E-state index contributed by atoms with van der Waals surface area (Å²) in [6.07, 6.45) is 11.1. The van der Waals surface area contributed by atoms with Crippen molar-refractivity contribution in [1.82, 2.24) is 10.2 Å². The number of piperidine rings is 1. The van der Waals surface area contributed by atoms with E-state index >= 15 is 0 Å². The lowest BCUT2D eigenvalue weighted by Crippen LogP contribution is -2.45. The average molecular weight is 291 g/mol. The molecule has 3 nitrogen and oxygen atoms in total. The monoisotopic (exact) mass is 291 g/mol. The molecular formula is C18H33N3. The van der Waals surface area contributed by atoms with Crippen molar-refractivity contribution in [3.05, 3.63) is 0 Å². The van der Waals surface area contributed by atoms with Crippen molar-refractivity contribution in [2.45, 2.75) is 83.2 Å². The maximum absolute atomic E-state index is 9.56. The lowest BCUT2D eigenvalue weighted by molar-refractivity contribution is 0.171. The van der Waals surface area contributed by atoms with Gasteiger partial charge in [0.1, 0.15) is 5.54 Å². The largest absolute Gasteiger partial charge is 0.303 e. The van der Waals surface area contributed by atoms with E-state index in [1.165, 1.54) is 58.2 Å². The second-order valence-corrected chi connectivity index (χ2v) is 7.14. The third-order valence-corrected chi connectivity index (χ3v) is 5.36. The van der Waals surface area contributed by atoms with Gasteiger partial charge in [-0.05, 0) is 70.5 Å². The molecule has 0 bridgehead atoms. The first-order valence-electron chi connectivity index (χ1n) is 9.12. The maximum atomic E-state index is 9.56. The Morgan fingerprint density at radius 3 is 2.43 bits per heavy atom. The van der Waals surface area contributed by atoms with Gasteiger partial charge in [0.15, 0.2) is 0 Å². The lowest BCUT2D eigenvalue weighted by atomic mass is 9.90. The number of rotatable bonds is 9. The predicted molar refractivity (Wildman–Crippen MR) is 88.1 cm³/mol. The summed E-state index contributed by atoms with van der Waals surface area (Å²) in [5, 5.41) is 13.1. The molecule has 1 aliphatic carbocycles. The molecule has 1 saturated carbocycles. The van der Waals surface area contributed by atoms with Gasteiger partial charge >= 0.3 is 0 Å². The van der Waals surface area contributed by atoms with Gasteiger partial charge in [-0.15, -0.1) is 0 Å². The second kappa shape index (κ2) is 8.15. The van der Waals surface area contributed by atoms with Crippen molar-refractivity contribution in [2.24, 2.45) is 5.92 Å². The summed E-state index contributed by atoms with van der Waals surface area (Å²) >= 11 is 0. The molecule has 2 aliphatic rings. The van der Waals surface area contributed by atoms with Gasteiger partial charge in [0.05, 0.1) is 6.07 Å². The van der Waals surface area contributed by atoms with Crippen LogP contribution < -0.4 is 5.32 Å². The van der Waals surface area contributed by atoms with Crippen molar-refractivity contribution in [3.8, 4) is 6.07 Å². The second-order valence-electron chi connectivity index (χ2n) is 7.14. The first kappa shape index (κ1) is 16.8. The minimum absolute atomic E-state index is 0.262. The molecule has 1 heterocycles. The molecule has 1 N–H and O–H groups in total. The van der Waals surface area contributed by atoms with Gasteiger partial charge in [0.2, 0.25) is 0 Å². The van der Waals surface area contributed by atoms with Crippen molar-refractivity contribution in [1.29, 1.82) is 5.26 Å². The Morgan fingerprint density at radius 2 is 1.90 bits per heavy atom. The van der Waals surface area contributed by atoms with Crippen LogP contribution in [0.15, 0.2) is 0 Å². The van der Waals surface area contributed by atoms with E-state index in [1.807, 2.05) is 0 Å². The molecule has 2 fully saturated rings. The van der Waals surface area contributed by atoms with E-state index in [2.05, 4.69) is 30.1 Å². The quantitative estimate of drug-likeness (QED) is 0.704. The van der Waals surface area contributed by atoms with E-state index < -0.39 is 0 Å². The Morgan fingerprint density at radius 1 is 1.19 bits per heavy atom. The summed E-state index contributed by atoms with van der Waals surface area (Å²) in [6, 6.07) is 3.19. The molecule has 0 spiro atoms. The van der Waals surface area contributed by atoms with Gasteiger partial charge in [-0.1, -0.05) is 26.7 Å². The summed E-state index contributed by atoms with van der Waals surface area (Å²) in [4.78, 5) is 2.61. The summed E-state index contributed by atoms with van der Waals surface area (Å²) in [5.41, 5.74) is -0.262. The Balaban J connectivity index is 1.67. The van der Waals surface area contributed by atoms with Gasteiger partial charge in [-0.3, -0.25) is 5.32 Å². The lowest BCUT2D eigenvalue weighted by Gasteiger charge is -2.33. The van der Waals surface area contributed by atoms with Crippen LogP contribution in [0.4, 0.5) is 0 Å². The molecular weight excluding hydrogens is 258 g/mol. The van der Waals surface area contributed by atoms with Crippen LogP contribution in [0.3, 0.4) is 0 Å². The molecule has 1 aliphatic heterocycles. The molecule has 21 heavy (non-hydrogen) atoms. The number of likely N-dealkylation sites (tertiary alicyclic amines) is 1. The van der Waals surface area contributed by atoms with E-state index in [9.17, 15) is 5.26 Å². The highest BCUT2D eigenvalue weighted by atomic mass is 15.1. The summed E-state index contributed by atoms with van der Waals surface area (Å²) in [7, 11) is 0. The number of nitrogens with one attached hydrogen (secondary N) is 1. The molecule has 0 aromatic rings. The Kier molecular flexibility index (Phi) is 6.51. The van der Waals surface area contributed by atoms with Crippen molar-refractivity contribution in [2.75, 3.05) is 19.6 Å². The molecule has 0 radical (unpaired) electrons. The van der Waals surface area contributed by atoms with E-state index in [0.29, 0.717) is 6.04 Å². The van der Waals surface area contributed by atoms with Crippen LogP contribution in [0.25, 0.3) is 0 Å². The number of hydrogen-bond acceptors (Lipinski definition) is 3. The highest BCUT2D eigenvalue weighted by molar-refractivity contribution is 5.09. The van der Waals surface area contributed by atoms with Gasteiger partial charge in [0, 0.05) is 6.04 Å². The predicted octanol–water partition coefficient (Wildman–Crippen LogP) is 3.70. The van der Waals surface area contributed by atoms with Crippen molar-refractivity contribution < 1.29 is 0 Å². The summed E-state index contributed by atoms with van der Waals surface area (Å²) in [6.45, 7) is 8.16. The minimum atomic E-state index is -0.262. The van der Waals surface area contributed by atoms with Gasteiger partial charge in [0.25, 0.3) is 0 Å². The first-order chi connectivity index (χ1) is 10.2. The fourth-order valence-corrected chi connectivity index (χ4v) is 3.65. The summed E-state index contributed by atoms with van der Waals surface area (Å²) in [5.74, 6) is 0.969. The highest BCUT2D eigenvalue weighted by Gasteiger charge is 2.34. The Bertz CT molecular complexity index is 337. The number of nitriles is 1. The summed E-state index contributed by atoms with van der Waals surface area (Å²) < 4.78 is 0. The topological polar surface area (TPSA) is 39.1 Å². The standard InChI is InChI=1S/C18H33N3/c1-3-6-16-9-13-21(14-10-16)12-5-11-18(4-2,15-19)20-17-7-8-17/h16-17,20H,3-14H2,1-2H3. The zero-order valence-electron chi connectivity index (χ0n) is 14.0. The van der Waals surface area contributed by atoms with E-state index in [-0.39, 0.29) is 5.54 Å². The zero-order valence-corrected chi connectivity index (χ0v) is 14.0. The fourth-order valence-electron chi connectivity index (χ4n) is 3.65. The van der Waals surface area contributed by atoms with Crippen LogP contribution >= 0.6 is 0 Å². The average Bonchev–Trinajstić information content (AvgIpc) is 3.32. The maximum Gasteiger partial charge on any atom is 0.106 e. The van der Waals surface area contributed by atoms with Crippen LogP contribution in [0.1, 0.15) is 71.6 Å². The molecule has 1 atom stereocenters. The van der Waals surface area contributed by atoms with Gasteiger partial charge < -0.3 is 4.90 Å². The molecule has 120 valence electrons. The van der Waals surface area contributed by atoms with Crippen molar-refractivity contribution >= 4 is 0 Å². The molecule has 0 amide bonds. The SMILES string of the molecule is CCCC1CCN(CCCC(C#N)(CC)NC2CC2)CC1. The van der Waals surface area contributed by atoms with E-state index in [1.54, 1.807) is 0 Å². The minimum Gasteiger partial charge on any atom is -0.303 e. The Labute approximate surface area is 131 Å². The van der Waals surface area contributed by atoms with Crippen LogP contribution in [-0.4, -0.2) is 36.1 Å². The smallest absolute Gasteiger partial charge is 0.106 e. The molecule has 0 aromatic heterocycles. The molecule has 0 aromatic carbocycles. The van der Waals surface area contributed by atoms with Gasteiger partial charge in [-0.25, -0.2) is 0 Å². The van der Waals surface area contributed by atoms with Crippen LogP contribution in [0.2, 0.25) is 0 Å². The normalized spacial score (nSPS) is 23.7. The first-order valence-corrected chi connectivity index (χ1v) is 9.12. The molecule has 1 unspecified atom stereocenters. The highest BCUT2D eigenvalue weighted by Crippen LogP contribution is 2.27. The third kappa shape index (κ3) is 5.27. The molecule has 3 heteroatoms. The fraction of sp³-hybridized carbons (Fsp3) is 0.944. The van der Waals surface area contributed by atoms with E-state index in [0.717, 1.165) is 25.2 Å². The van der Waals surface area contributed by atoms with Crippen LogP contribution in [-0.2, 0) is 0 Å². The van der Waals surface area contributed by atoms with Gasteiger partial charge in [-0.2, -0.15) is 5.26 Å². The number of nitrogens with zero attached hydrogens (tertiary/aromatic N) is 2. The van der Waals surface area contributed by atoms with Crippen LogP contribution in [0.5, 0.6) is 0 Å². The van der Waals surface area contributed by atoms with Crippen molar-refractivity contribution in [3.63, 3.8) is 0 Å². The third-order valence-electron chi connectivity index (χ3n) is 5.36. The van der Waals surface area contributed by atoms with E-state index in [4.69, 9.17) is 0 Å².